The van der Waals surface area contributed by atoms with E-state index in [-0.39, 0.29) is 28.2 Å². The van der Waals surface area contributed by atoms with Gasteiger partial charge in [0.15, 0.2) is 0 Å². The Labute approximate surface area is 240 Å². The van der Waals surface area contributed by atoms with Gasteiger partial charge in [-0.25, -0.2) is 4.79 Å². The minimum absolute atomic E-state index is 0.0282. The van der Waals surface area contributed by atoms with Crippen molar-refractivity contribution in [2.75, 3.05) is 13.1 Å². The van der Waals surface area contributed by atoms with Crippen molar-refractivity contribution in [1.29, 1.82) is 0 Å². The smallest absolute Gasteiger partial charge is 0.408 e. The molecular weight excluding hydrogens is 508 g/mol. The summed E-state index contributed by atoms with van der Waals surface area (Å²) in [6, 6.07) is -1.33. The lowest BCUT2D eigenvalue weighted by Crippen LogP contribution is -2.58. The van der Waals surface area contributed by atoms with Crippen molar-refractivity contribution in [1.82, 2.24) is 15.5 Å². The number of nitrogens with two attached hydrogens (primary N) is 1. The first kappa shape index (κ1) is 31.1. The molecule has 3 saturated carbocycles. The number of carbonyl (C=O) groups excluding carboxylic acids is 3. The van der Waals surface area contributed by atoms with E-state index in [1.54, 1.807) is 20.8 Å². The van der Waals surface area contributed by atoms with Crippen LogP contribution in [0.25, 0.3) is 0 Å². The molecule has 1 saturated heterocycles. The van der Waals surface area contributed by atoms with Gasteiger partial charge in [-0.1, -0.05) is 60.3 Å². The predicted octanol–water partition coefficient (Wildman–Crippen LogP) is 3.72. The number of nitrogens with one attached hydrogen (secondary N) is 2. The summed E-state index contributed by atoms with van der Waals surface area (Å²) < 4.78 is 5.53. The number of ether oxygens (including phenoxy) is 1. The molecule has 2 spiro atoms. The van der Waals surface area contributed by atoms with E-state index in [4.69, 9.17) is 10.5 Å². The van der Waals surface area contributed by atoms with E-state index in [9.17, 15) is 19.5 Å². The van der Waals surface area contributed by atoms with E-state index in [0.29, 0.717) is 25.4 Å². The molecule has 3 unspecified atom stereocenters. The maximum atomic E-state index is 14.4. The molecular formula is C31H54N4O5. The second-order valence-electron chi connectivity index (χ2n) is 15.8. The number of hydrogen-bond donors (Lipinski definition) is 4. The first-order valence-electron chi connectivity index (χ1n) is 15.4. The fraction of sp³-hybridized carbons (Fsp3) is 0.903. The maximum Gasteiger partial charge on any atom is 0.408 e. The third-order valence-corrected chi connectivity index (χ3v) is 11.1. The van der Waals surface area contributed by atoms with Crippen molar-refractivity contribution in [2.24, 2.45) is 33.3 Å². The lowest BCUT2D eigenvalue weighted by molar-refractivity contribution is -0.137. The van der Waals surface area contributed by atoms with Gasteiger partial charge in [-0.05, 0) is 68.6 Å². The van der Waals surface area contributed by atoms with Gasteiger partial charge in [0.05, 0.1) is 0 Å². The summed E-state index contributed by atoms with van der Waals surface area (Å²) in [6.45, 7) is 17.1. The van der Waals surface area contributed by atoms with Crippen LogP contribution in [0.2, 0.25) is 0 Å². The molecule has 0 radical (unpaired) electrons. The maximum absolute atomic E-state index is 14.4. The lowest BCUT2D eigenvalue weighted by atomic mass is 9.73. The molecule has 0 bridgehead atoms. The van der Waals surface area contributed by atoms with Gasteiger partial charge in [0.25, 0.3) is 0 Å². The van der Waals surface area contributed by atoms with Crippen molar-refractivity contribution in [3.63, 3.8) is 0 Å². The number of nitrogens with zero attached hydrogens (tertiary/aromatic N) is 1. The molecule has 0 aromatic rings. The van der Waals surface area contributed by atoms with Crippen molar-refractivity contribution in [3.8, 4) is 0 Å². The highest BCUT2D eigenvalue weighted by atomic mass is 16.6. The van der Waals surface area contributed by atoms with Gasteiger partial charge >= 0.3 is 6.09 Å². The number of amides is 3. The van der Waals surface area contributed by atoms with Gasteiger partial charge in [-0.2, -0.15) is 0 Å². The molecule has 4 aliphatic rings. The van der Waals surface area contributed by atoms with Crippen LogP contribution in [-0.4, -0.2) is 70.8 Å². The molecule has 5 N–H and O–H groups in total. The van der Waals surface area contributed by atoms with Crippen LogP contribution in [0.1, 0.15) is 107 Å². The molecule has 9 nitrogen and oxygen atoms in total. The molecule has 5 atom stereocenters. The molecule has 0 aromatic heterocycles. The molecule has 3 amide bonds. The Morgan fingerprint density at radius 2 is 1.68 bits per heavy atom. The number of aliphatic hydroxyl groups excluding tert-OH is 1. The standard InChI is InChI=1S/C31H54N4O5/c1-27(2,3)23(34-26(39)40-28(4,5)6)25(38)35-18-31(29(7,8)30(31)13-10-14-30)16-20(35)17-33-21(22(36)24(32)37)15-19-11-9-12-19/h19-23,33,36H,9-18H2,1-8H3,(H2,32,37)(H,34,39)/t20-,21?,22?,23+,31?/m0/s1. The van der Waals surface area contributed by atoms with Gasteiger partial charge in [-0.15, -0.1) is 0 Å². The molecule has 9 heteroatoms. The van der Waals surface area contributed by atoms with Gasteiger partial charge in [0.2, 0.25) is 11.8 Å². The van der Waals surface area contributed by atoms with E-state index < -0.39 is 41.2 Å². The average Bonchev–Trinajstić information content (AvgIpc) is 2.98. The number of hydrogen-bond acceptors (Lipinski definition) is 6. The monoisotopic (exact) mass is 562 g/mol. The van der Waals surface area contributed by atoms with Crippen molar-refractivity contribution in [3.05, 3.63) is 0 Å². The molecule has 0 aromatic carbocycles. The zero-order valence-corrected chi connectivity index (χ0v) is 26.1. The number of likely N-dealkylation sites (tertiary alicyclic amines) is 1. The summed E-state index contributed by atoms with van der Waals surface area (Å²) >= 11 is 0. The minimum Gasteiger partial charge on any atom is -0.444 e. The van der Waals surface area contributed by atoms with Crippen LogP contribution >= 0.6 is 0 Å². The van der Waals surface area contributed by atoms with Crippen LogP contribution in [0.15, 0.2) is 0 Å². The largest absolute Gasteiger partial charge is 0.444 e. The van der Waals surface area contributed by atoms with Gasteiger partial charge < -0.3 is 31.1 Å². The normalized spacial score (nSPS) is 29.3. The number of fused-ring (bicyclic) bond motifs is 1. The quantitative estimate of drug-likeness (QED) is 0.338. The number of alkyl carbamates (subject to hydrolysis) is 1. The Hall–Kier alpha value is -1.87. The van der Waals surface area contributed by atoms with Crippen LogP contribution in [0.4, 0.5) is 4.79 Å². The molecule has 3 aliphatic carbocycles. The van der Waals surface area contributed by atoms with E-state index in [1.165, 1.54) is 25.7 Å². The topological polar surface area (TPSA) is 134 Å². The van der Waals surface area contributed by atoms with E-state index >= 15 is 0 Å². The van der Waals surface area contributed by atoms with Crippen LogP contribution in [0.3, 0.4) is 0 Å². The van der Waals surface area contributed by atoms with Crippen molar-refractivity contribution in [2.45, 2.75) is 137 Å². The summed E-state index contributed by atoms with van der Waals surface area (Å²) in [6.07, 6.45) is 6.65. The SMILES string of the molecule is CC(C)(C)OC(=O)N[C@H](C(=O)N1CC2(C[C@H]1CNC(CC1CCC1)C(O)C(N)=O)C(C)(C)C21CCC1)C(C)(C)C. The molecule has 1 heterocycles. The zero-order chi connectivity index (χ0) is 29.9. The first-order chi connectivity index (χ1) is 18.4. The third-order valence-electron chi connectivity index (χ3n) is 11.1. The molecule has 228 valence electrons. The summed E-state index contributed by atoms with van der Waals surface area (Å²) in [7, 11) is 0. The second kappa shape index (κ2) is 10.4. The van der Waals surface area contributed by atoms with E-state index in [1.807, 2.05) is 25.7 Å². The minimum atomic E-state index is -1.27. The van der Waals surface area contributed by atoms with Crippen molar-refractivity contribution >= 4 is 17.9 Å². The van der Waals surface area contributed by atoms with E-state index in [2.05, 4.69) is 24.5 Å². The summed E-state index contributed by atoms with van der Waals surface area (Å²) in [4.78, 5) is 41.1. The summed E-state index contributed by atoms with van der Waals surface area (Å²) in [5.41, 5.74) is 4.70. The molecule has 4 fully saturated rings. The zero-order valence-electron chi connectivity index (χ0n) is 26.1. The van der Waals surface area contributed by atoms with Crippen LogP contribution < -0.4 is 16.4 Å². The Morgan fingerprint density at radius 3 is 2.10 bits per heavy atom. The van der Waals surface area contributed by atoms with Crippen LogP contribution in [0.5, 0.6) is 0 Å². The number of rotatable bonds is 9. The van der Waals surface area contributed by atoms with Gasteiger partial charge in [0, 0.05) is 30.6 Å². The van der Waals surface area contributed by atoms with Crippen LogP contribution in [0, 0.1) is 27.6 Å². The lowest BCUT2D eigenvalue weighted by Gasteiger charge is -2.37. The Morgan fingerprint density at radius 1 is 1.05 bits per heavy atom. The number of aliphatic hydroxyl groups is 1. The highest BCUT2D eigenvalue weighted by Crippen LogP contribution is 2.88. The van der Waals surface area contributed by atoms with Crippen LogP contribution in [-0.2, 0) is 14.3 Å². The van der Waals surface area contributed by atoms with E-state index in [0.717, 1.165) is 19.3 Å². The number of primary amides is 1. The number of carbonyl (C=O) groups is 3. The Kier molecular flexibility index (Phi) is 8.11. The second-order valence-corrected chi connectivity index (χ2v) is 15.8. The molecule has 4 rings (SSSR count). The molecule has 1 aliphatic heterocycles. The average molecular weight is 563 g/mol. The summed E-state index contributed by atoms with van der Waals surface area (Å²) in [5.74, 6) is -0.355. The van der Waals surface area contributed by atoms with Gasteiger partial charge in [0.1, 0.15) is 17.7 Å². The Bertz CT molecular complexity index is 991. The molecule has 40 heavy (non-hydrogen) atoms. The summed E-state index contributed by atoms with van der Waals surface area (Å²) in [5, 5.41) is 17.0. The first-order valence-corrected chi connectivity index (χ1v) is 15.4. The highest BCUT2D eigenvalue weighted by Gasteiger charge is 2.84. The fourth-order valence-electron chi connectivity index (χ4n) is 8.27. The Balaban J connectivity index is 1.58. The highest BCUT2D eigenvalue weighted by molar-refractivity contribution is 5.87. The fourth-order valence-corrected chi connectivity index (χ4v) is 8.27. The predicted molar refractivity (Wildman–Crippen MR) is 154 cm³/mol. The van der Waals surface area contributed by atoms with Crippen molar-refractivity contribution < 1.29 is 24.2 Å². The third kappa shape index (κ3) is 5.37. The van der Waals surface area contributed by atoms with Gasteiger partial charge in [-0.3, -0.25) is 9.59 Å².